The molecular formula is C45H25N3O. The van der Waals surface area contributed by atoms with Crippen LogP contribution < -0.4 is 4.74 Å². The number of hydrogen-bond acceptors (Lipinski definition) is 4. The van der Waals surface area contributed by atoms with Gasteiger partial charge in [0, 0.05) is 34.5 Å². The van der Waals surface area contributed by atoms with Crippen molar-refractivity contribution in [3.8, 4) is 62.3 Å². The average molecular weight is 624 g/mol. The lowest BCUT2D eigenvalue weighted by molar-refractivity contribution is 0.487. The minimum absolute atomic E-state index is 0.584. The van der Waals surface area contributed by atoms with Crippen molar-refractivity contribution in [3.63, 3.8) is 0 Å². The first-order chi connectivity index (χ1) is 24.2. The number of nitriles is 1. The summed E-state index contributed by atoms with van der Waals surface area (Å²) in [6.07, 6.45) is 3.61. The second-order valence-electron chi connectivity index (χ2n) is 12.4. The van der Waals surface area contributed by atoms with E-state index in [1.54, 1.807) is 12.4 Å². The summed E-state index contributed by atoms with van der Waals surface area (Å²) >= 11 is 0. The Bertz CT molecular complexity index is 2870. The van der Waals surface area contributed by atoms with Gasteiger partial charge in [-0.25, -0.2) is 4.98 Å². The summed E-state index contributed by atoms with van der Waals surface area (Å²) in [4.78, 5) is 9.34. The Kier molecular flexibility index (Phi) is 5.90. The quantitative estimate of drug-likeness (QED) is 0.184. The SMILES string of the molecule is N#Cc1ccc2c(c1)Oc1cccc3c(-c4cc5c6ccccc6c(-c6cccc(-c7ccncc7)n6)cc5c5ccccc45)ccc-2c13. The molecule has 226 valence electrons. The molecule has 0 unspecified atom stereocenters. The van der Waals surface area contributed by atoms with E-state index in [4.69, 9.17) is 9.72 Å². The van der Waals surface area contributed by atoms with Crippen molar-refractivity contribution in [1.29, 1.82) is 5.26 Å². The molecule has 0 radical (unpaired) electrons. The molecule has 0 saturated heterocycles. The van der Waals surface area contributed by atoms with Crippen molar-refractivity contribution < 1.29 is 4.74 Å². The predicted molar refractivity (Wildman–Crippen MR) is 199 cm³/mol. The standard InChI is InChI=1S/C45H25N3O/c46-26-27-15-16-34-36-18-17-33(35-11-5-14-43(45(35)36)49-44(34)23-27)37-24-38-31-9-3-4-10-32(31)40(25-39(38)30-8-2-1-7-29(30)37)42-13-6-12-41(48-42)28-19-21-47-22-20-28/h1-25H. The molecule has 1 aliphatic rings. The number of benzene rings is 7. The first kappa shape index (κ1) is 27.3. The van der Waals surface area contributed by atoms with Gasteiger partial charge >= 0.3 is 0 Å². The minimum atomic E-state index is 0.584. The second kappa shape index (κ2) is 10.6. The molecular weight excluding hydrogens is 599 g/mol. The van der Waals surface area contributed by atoms with Gasteiger partial charge in [-0.15, -0.1) is 0 Å². The summed E-state index contributed by atoms with van der Waals surface area (Å²) in [7, 11) is 0. The van der Waals surface area contributed by atoms with Crippen LogP contribution in [0.1, 0.15) is 5.56 Å². The molecule has 4 nitrogen and oxygen atoms in total. The smallest absolute Gasteiger partial charge is 0.136 e. The predicted octanol–water partition coefficient (Wildman–Crippen LogP) is 11.7. The number of aromatic nitrogens is 2. The van der Waals surface area contributed by atoms with Crippen LogP contribution in [-0.4, -0.2) is 9.97 Å². The molecule has 1 aliphatic heterocycles. The lowest BCUT2D eigenvalue weighted by atomic mass is 9.85. The van der Waals surface area contributed by atoms with Crippen LogP contribution in [-0.2, 0) is 0 Å². The van der Waals surface area contributed by atoms with Gasteiger partial charge in [0.1, 0.15) is 11.5 Å². The van der Waals surface area contributed by atoms with E-state index in [2.05, 4.69) is 114 Å². The number of nitrogens with zero attached hydrogens (tertiary/aromatic N) is 3. The van der Waals surface area contributed by atoms with Crippen molar-refractivity contribution in [3.05, 3.63) is 157 Å². The first-order valence-electron chi connectivity index (χ1n) is 16.3. The van der Waals surface area contributed by atoms with Crippen LogP contribution in [0.3, 0.4) is 0 Å². The zero-order valence-electron chi connectivity index (χ0n) is 26.2. The third kappa shape index (κ3) is 4.16. The Balaban J connectivity index is 1.24. The highest BCUT2D eigenvalue weighted by molar-refractivity contribution is 6.25. The fraction of sp³-hybridized carbons (Fsp3) is 0. The monoisotopic (exact) mass is 623 g/mol. The van der Waals surface area contributed by atoms with E-state index in [-0.39, 0.29) is 0 Å². The van der Waals surface area contributed by atoms with Gasteiger partial charge in [-0.2, -0.15) is 5.26 Å². The number of hydrogen-bond donors (Lipinski definition) is 0. The van der Waals surface area contributed by atoms with E-state index in [0.717, 1.165) is 61.1 Å². The van der Waals surface area contributed by atoms with Crippen LogP contribution in [0.15, 0.2) is 152 Å². The third-order valence-electron chi connectivity index (χ3n) is 9.80. The Morgan fingerprint density at radius 1 is 0.449 bits per heavy atom. The van der Waals surface area contributed by atoms with Gasteiger partial charge in [0.15, 0.2) is 0 Å². The first-order valence-corrected chi connectivity index (χ1v) is 16.3. The van der Waals surface area contributed by atoms with Crippen molar-refractivity contribution in [2.75, 3.05) is 0 Å². The molecule has 3 heterocycles. The Labute approximate surface area is 282 Å². The highest BCUT2D eigenvalue weighted by Crippen LogP contribution is 2.50. The summed E-state index contributed by atoms with van der Waals surface area (Å²) in [5.41, 5.74) is 9.02. The van der Waals surface area contributed by atoms with E-state index >= 15 is 0 Å². The minimum Gasteiger partial charge on any atom is -0.456 e. The van der Waals surface area contributed by atoms with Crippen LogP contribution in [0.4, 0.5) is 0 Å². The highest BCUT2D eigenvalue weighted by Gasteiger charge is 2.23. The molecule has 2 aromatic heterocycles. The molecule has 0 N–H and O–H groups in total. The largest absolute Gasteiger partial charge is 0.456 e. The van der Waals surface area contributed by atoms with Gasteiger partial charge in [0.2, 0.25) is 0 Å². The van der Waals surface area contributed by atoms with Crippen molar-refractivity contribution >= 4 is 43.1 Å². The zero-order chi connectivity index (χ0) is 32.5. The van der Waals surface area contributed by atoms with Gasteiger partial charge in [-0.3, -0.25) is 4.98 Å². The van der Waals surface area contributed by atoms with E-state index < -0.39 is 0 Å². The summed E-state index contributed by atoms with van der Waals surface area (Å²) in [6.45, 7) is 0. The number of fused-ring (bicyclic) bond motifs is 7. The van der Waals surface area contributed by atoms with Gasteiger partial charge in [0.05, 0.1) is 23.0 Å². The van der Waals surface area contributed by atoms with Crippen LogP contribution in [0.25, 0.3) is 87.9 Å². The maximum atomic E-state index is 9.49. The second-order valence-corrected chi connectivity index (χ2v) is 12.4. The Morgan fingerprint density at radius 2 is 1.08 bits per heavy atom. The maximum absolute atomic E-state index is 9.49. The summed E-state index contributed by atoms with van der Waals surface area (Å²) in [6, 6.07) is 50.9. The number of rotatable bonds is 3. The molecule has 0 amide bonds. The molecule has 49 heavy (non-hydrogen) atoms. The fourth-order valence-electron chi connectivity index (χ4n) is 7.59. The third-order valence-corrected chi connectivity index (χ3v) is 9.80. The van der Waals surface area contributed by atoms with Gasteiger partial charge < -0.3 is 4.74 Å². The summed E-state index contributed by atoms with van der Waals surface area (Å²) < 4.78 is 6.43. The topological polar surface area (TPSA) is 58.8 Å². The molecule has 7 aromatic carbocycles. The highest BCUT2D eigenvalue weighted by atomic mass is 16.5. The lowest BCUT2D eigenvalue weighted by Crippen LogP contribution is -1.98. The molecule has 9 aromatic rings. The Hall–Kier alpha value is -6.83. The van der Waals surface area contributed by atoms with E-state index in [1.165, 1.54) is 32.5 Å². The molecule has 0 spiro atoms. The summed E-state index contributed by atoms with van der Waals surface area (Å²) in [5.74, 6) is 1.52. The van der Waals surface area contributed by atoms with Crippen molar-refractivity contribution in [2.45, 2.75) is 0 Å². The molecule has 0 fully saturated rings. The van der Waals surface area contributed by atoms with Crippen LogP contribution >= 0.6 is 0 Å². The van der Waals surface area contributed by atoms with Crippen LogP contribution in [0, 0.1) is 11.3 Å². The normalized spacial score (nSPS) is 11.8. The fourth-order valence-corrected chi connectivity index (χ4v) is 7.59. The van der Waals surface area contributed by atoms with E-state index in [1.807, 2.05) is 36.4 Å². The number of ether oxygens (including phenoxy) is 1. The average Bonchev–Trinajstić information content (AvgIpc) is 3.17. The van der Waals surface area contributed by atoms with Crippen LogP contribution in [0.2, 0.25) is 0 Å². The van der Waals surface area contributed by atoms with Gasteiger partial charge in [0.25, 0.3) is 0 Å². The maximum Gasteiger partial charge on any atom is 0.136 e. The van der Waals surface area contributed by atoms with E-state index in [9.17, 15) is 5.26 Å². The van der Waals surface area contributed by atoms with Gasteiger partial charge in [-0.05, 0) is 115 Å². The van der Waals surface area contributed by atoms with Crippen molar-refractivity contribution in [2.24, 2.45) is 0 Å². The van der Waals surface area contributed by atoms with E-state index in [0.29, 0.717) is 11.3 Å². The summed E-state index contributed by atoms with van der Waals surface area (Å²) in [5, 5.41) is 18.8. The van der Waals surface area contributed by atoms with Gasteiger partial charge in [-0.1, -0.05) is 78.9 Å². The molecule has 0 saturated carbocycles. The van der Waals surface area contributed by atoms with Crippen LogP contribution in [0.5, 0.6) is 11.5 Å². The lowest BCUT2D eigenvalue weighted by Gasteiger charge is -2.23. The molecule has 0 aliphatic carbocycles. The van der Waals surface area contributed by atoms with Crippen molar-refractivity contribution in [1.82, 2.24) is 9.97 Å². The molecule has 0 bridgehead atoms. The zero-order valence-corrected chi connectivity index (χ0v) is 26.2. The molecule has 10 rings (SSSR count). The Morgan fingerprint density at radius 3 is 1.86 bits per heavy atom. The molecule has 4 heteroatoms. The number of pyridine rings is 2. The molecule has 0 atom stereocenters.